The molecule has 0 saturated carbocycles. The number of halogens is 2. The molecule has 2 aliphatic heterocycles. The average Bonchev–Trinajstić information content (AvgIpc) is 3.59. The highest BCUT2D eigenvalue weighted by molar-refractivity contribution is 7.22. The molecule has 7 rings (SSSR count). The first-order valence-corrected chi connectivity index (χ1v) is 14.8. The SMILES string of the molecule is Fc1cc(CC2=Nc3cc(Cl)ccc3C2)ccc1Oc1ccnc2cc(-c3ccc(CN4CCNCC4)cn3)sc12. The molecule has 3 aromatic heterocycles. The van der Waals surface area contributed by atoms with E-state index < -0.39 is 5.82 Å². The predicted molar refractivity (Wildman–Crippen MR) is 163 cm³/mol. The number of hydrogen-bond acceptors (Lipinski definition) is 7. The molecular weight excluding hydrogens is 557 g/mol. The average molecular weight is 584 g/mol. The summed E-state index contributed by atoms with van der Waals surface area (Å²) >= 11 is 7.65. The second kappa shape index (κ2) is 11.3. The lowest BCUT2D eigenvalue weighted by atomic mass is 10.0. The minimum absolute atomic E-state index is 0.176. The zero-order valence-corrected chi connectivity index (χ0v) is 23.8. The molecule has 2 aliphatic rings. The van der Waals surface area contributed by atoms with Crippen LogP contribution in [0.2, 0.25) is 5.02 Å². The van der Waals surface area contributed by atoms with Crippen molar-refractivity contribution in [1.82, 2.24) is 20.2 Å². The number of nitrogens with zero attached hydrogens (tertiary/aromatic N) is 4. The van der Waals surface area contributed by atoms with Gasteiger partial charge in [-0.3, -0.25) is 19.9 Å². The van der Waals surface area contributed by atoms with E-state index in [0.29, 0.717) is 17.2 Å². The lowest BCUT2D eigenvalue weighted by molar-refractivity contribution is 0.233. The van der Waals surface area contributed by atoms with Gasteiger partial charge in [-0.2, -0.15) is 0 Å². The fraction of sp³-hybridized carbons (Fsp3) is 0.219. The zero-order valence-electron chi connectivity index (χ0n) is 22.2. The van der Waals surface area contributed by atoms with Crippen molar-refractivity contribution >= 4 is 44.6 Å². The summed E-state index contributed by atoms with van der Waals surface area (Å²) in [6.07, 6.45) is 4.95. The number of benzene rings is 2. The zero-order chi connectivity index (χ0) is 27.8. The molecule has 0 unspecified atom stereocenters. The van der Waals surface area contributed by atoms with Crippen LogP contribution in [0.5, 0.6) is 11.5 Å². The van der Waals surface area contributed by atoms with Crippen LogP contribution in [-0.4, -0.2) is 46.8 Å². The van der Waals surface area contributed by atoms with E-state index in [1.807, 2.05) is 36.5 Å². The van der Waals surface area contributed by atoms with Gasteiger partial charge >= 0.3 is 0 Å². The molecule has 5 heterocycles. The van der Waals surface area contributed by atoms with Crippen molar-refractivity contribution in [2.24, 2.45) is 4.99 Å². The molecule has 1 fully saturated rings. The summed E-state index contributed by atoms with van der Waals surface area (Å²) in [6.45, 7) is 5.06. The highest BCUT2D eigenvalue weighted by Crippen LogP contribution is 2.39. The molecule has 1 N–H and O–H groups in total. The van der Waals surface area contributed by atoms with Crippen LogP contribution in [0, 0.1) is 5.82 Å². The number of ether oxygens (including phenoxy) is 1. The van der Waals surface area contributed by atoms with Crippen LogP contribution in [0.15, 0.2) is 78.0 Å². The van der Waals surface area contributed by atoms with E-state index in [0.717, 1.165) is 82.5 Å². The van der Waals surface area contributed by atoms with Gasteiger partial charge in [-0.15, -0.1) is 11.3 Å². The van der Waals surface area contributed by atoms with E-state index in [1.54, 1.807) is 29.7 Å². The molecule has 5 aromatic rings. The molecule has 206 valence electrons. The van der Waals surface area contributed by atoms with Gasteiger partial charge in [0.2, 0.25) is 0 Å². The number of piperazine rings is 1. The fourth-order valence-corrected chi connectivity index (χ4v) is 6.53. The summed E-state index contributed by atoms with van der Waals surface area (Å²) in [5.74, 6) is 0.334. The normalized spacial score (nSPS) is 15.2. The Morgan fingerprint density at radius 2 is 1.83 bits per heavy atom. The van der Waals surface area contributed by atoms with Crippen LogP contribution in [0.25, 0.3) is 20.8 Å². The third-order valence-corrected chi connectivity index (χ3v) is 8.81. The summed E-state index contributed by atoms with van der Waals surface area (Å²) < 4.78 is 22.1. The number of aliphatic imine (C=N–C) groups is 1. The number of fused-ring (bicyclic) bond motifs is 2. The summed E-state index contributed by atoms with van der Waals surface area (Å²) in [5, 5.41) is 4.05. The van der Waals surface area contributed by atoms with Crippen molar-refractivity contribution in [2.45, 2.75) is 19.4 Å². The Hall–Kier alpha value is -3.69. The lowest BCUT2D eigenvalue weighted by Crippen LogP contribution is -2.42. The third-order valence-electron chi connectivity index (χ3n) is 7.41. The first kappa shape index (κ1) is 26.2. The first-order chi connectivity index (χ1) is 20.1. The molecule has 0 atom stereocenters. The molecule has 1 saturated heterocycles. The fourth-order valence-electron chi connectivity index (χ4n) is 5.33. The number of pyridine rings is 2. The van der Waals surface area contributed by atoms with E-state index in [1.165, 1.54) is 11.6 Å². The number of rotatable bonds is 7. The molecule has 6 nitrogen and oxygen atoms in total. The van der Waals surface area contributed by atoms with Gasteiger partial charge in [0.25, 0.3) is 0 Å². The Kier molecular flexibility index (Phi) is 7.22. The summed E-state index contributed by atoms with van der Waals surface area (Å²) in [4.78, 5) is 17.4. The number of aromatic nitrogens is 2. The van der Waals surface area contributed by atoms with E-state index in [4.69, 9.17) is 21.3 Å². The van der Waals surface area contributed by atoms with Crippen LogP contribution >= 0.6 is 22.9 Å². The van der Waals surface area contributed by atoms with Crippen molar-refractivity contribution in [3.8, 4) is 22.1 Å². The molecule has 0 radical (unpaired) electrons. The van der Waals surface area contributed by atoms with Gasteiger partial charge in [-0.1, -0.05) is 29.8 Å². The maximum Gasteiger partial charge on any atom is 0.166 e. The summed E-state index contributed by atoms with van der Waals surface area (Å²) in [5.41, 5.74) is 6.75. The first-order valence-electron chi connectivity index (χ1n) is 13.7. The van der Waals surface area contributed by atoms with Crippen molar-refractivity contribution in [3.05, 3.63) is 101 Å². The Labute approximate surface area is 246 Å². The predicted octanol–water partition coefficient (Wildman–Crippen LogP) is 7.22. The Morgan fingerprint density at radius 1 is 0.951 bits per heavy atom. The number of nitrogens with one attached hydrogen (secondary N) is 1. The quantitative estimate of drug-likeness (QED) is 0.219. The van der Waals surface area contributed by atoms with Crippen LogP contribution < -0.4 is 10.1 Å². The monoisotopic (exact) mass is 583 g/mol. The van der Waals surface area contributed by atoms with Gasteiger partial charge in [0, 0.05) is 74.8 Å². The Bertz CT molecular complexity index is 1760. The van der Waals surface area contributed by atoms with Gasteiger partial charge in [0.15, 0.2) is 11.6 Å². The van der Waals surface area contributed by atoms with Crippen LogP contribution in [0.1, 0.15) is 16.7 Å². The van der Waals surface area contributed by atoms with E-state index in [2.05, 4.69) is 32.3 Å². The van der Waals surface area contributed by atoms with Gasteiger partial charge in [0.1, 0.15) is 5.75 Å². The topological polar surface area (TPSA) is 62.6 Å². The summed E-state index contributed by atoms with van der Waals surface area (Å²) in [6, 6.07) is 18.8. The molecule has 41 heavy (non-hydrogen) atoms. The smallest absolute Gasteiger partial charge is 0.166 e. The van der Waals surface area contributed by atoms with E-state index in [-0.39, 0.29) is 5.75 Å². The maximum atomic E-state index is 15.2. The standard InChI is InChI=1S/C32H27ClFN5OS/c33-23-4-3-22-15-24(38-27(22)16-23)13-20-2-6-29(25(34)14-20)40-30-7-8-36-28-17-31(41-32(28)30)26-5-1-21(18-37-26)19-39-11-9-35-10-12-39/h1-8,14,16-18,35H,9-13,15,19H2. The van der Waals surface area contributed by atoms with Gasteiger partial charge in [0.05, 0.1) is 26.5 Å². The van der Waals surface area contributed by atoms with Crippen LogP contribution in [0.4, 0.5) is 10.1 Å². The molecule has 0 aliphatic carbocycles. The van der Waals surface area contributed by atoms with E-state index >= 15 is 4.39 Å². The molecule has 0 amide bonds. The molecule has 9 heteroatoms. The lowest BCUT2D eigenvalue weighted by Gasteiger charge is -2.27. The molecule has 0 spiro atoms. The van der Waals surface area contributed by atoms with Crippen molar-refractivity contribution in [2.75, 3.05) is 26.2 Å². The maximum absolute atomic E-state index is 15.2. The highest BCUT2D eigenvalue weighted by atomic mass is 35.5. The second-order valence-corrected chi connectivity index (χ2v) is 11.9. The van der Waals surface area contributed by atoms with Crippen LogP contribution in [0.3, 0.4) is 0 Å². The summed E-state index contributed by atoms with van der Waals surface area (Å²) in [7, 11) is 0. The minimum Gasteiger partial charge on any atom is -0.453 e. The molecule has 2 aromatic carbocycles. The second-order valence-electron chi connectivity index (χ2n) is 10.4. The Balaban J connectivity index is 1.06. The van der Waals surface area contributed by atoms with Gasteiger partial charge in [-0.05, 0) is 53.1 Å². The van der Waals surface area contributed by atoms with Gasteiger partial charge in [-0.25, -0.2) is 4.39 Å². The molecular formula is C32H27ClFN5OS. The van der Waals surface area contributed by atoms with Crippen molar-refractivity contribution < 1.29 is 9.13 Å². The van der Waals surface area contributed by atoms with Gasteiger partial charge < -0.3 is 10.1 Å². The van der Waals surface area contributed by atoms with Crippen molar-refractivity contribution in [3.63, 3.8) is 0 Å². The largest absolute Gasteiger partial charge is 0.453 e. The molecule has 0 bridgehead atoms. The van der Waals surface area contributed by atoms with Crippen molar-refractivity contribution in [1.29, 1.82) is 0 Å². The number of hydrogen-bond donors (Lipinski definition) is 1. The van der Waals surface area contributed by atoms with E-state index in [9.17, 15) is 0 Å². The minimum atomic E-state index is -0.412. The van der Waals surface area contributed by atoms with Crippen LogP contribution in [-0.2, 0) is 19.4 Å². The third kappa shape index (κ3) is 5.74. The highest BCUT2D eigenvalue weighted by Gasteiger charge is 2.18. The Morgan fingerprint density at radius 3 is 2.66 bits per heavy atom. The number of thiophene rings is 1.